The van der Waals surface area contributed by atoms with Crippen molar-refractivity contribution in [2.45, 2.75) is 18.6 Å². The van der Waals surface area contributed by atoms with Crippen molar-refractivity contribution >= 4 is 23.3 Å². The third-order valence-electron chi connectivity index (χ3n) is 4.43. The Morgan fingerprint density at radius 2 is 1.97 bits per heavy atom. The van der Waals surface area contributed by atoms with Crippen molar-refractivity contribution in [1.29, 1.82) is 0 Å². The van der Waals surface area contributed by atoms with E-state index in [4.69, 9.17) is 4.74 Å². The summed E-state index contributed by atoms with van der Waals surface area (Å²) in [5.41, 5.74) is 0.981. The van der Waals surface area contributed by atoms with Crippen LogP contribution in [0.5, 0.6) is 5.75 Å². The number of aromatic nitrogens is 1. The summed E-state index contributed by atoms with van der Waals surface area (Å²) in [6.45, 7) is 0. The molecule has 1 aliphatic rings. The first kappa shape index (κ1) is 21.3. The number of carbonyl (C=O) groups is 2. The topological polar surface area (TPSA) is 74.8 Å². The summed E-state index contributed by atoms with van der Waals surface area (Å²) in [6.07, 6.45) is -5.28. The Morgan fingerprint density at radius 3 is 2.57 bits per heavy atom. The fraction of sp³-hybridized carbons (Fsp3) is 0.278. The Hall–Kier alpha value is -3.44. The van der Waals surface area contributed by atoms with Gasteiger partial charge < -0.3 is 9.64 Å². The molecule has 7 nitrogen and oxygen atoms in total. The van der Waals surface area contributed by atoms with E-state index in [1.165, 1.54) is 26.3 Å². The number of rotatable bonds is 4. The normalized spacial score (nSPS) is 16.4. The first-order valence-corrected chi connectivity index (χ1v) is 8.46. The van der Waals surface area contributed by atoms with Crippen LogP contribution in [0.15, 0.2) is 30.3 Å². The van der Waals surface area contributed by atoms with Crippen molar-refractivity contribution in [3.05, 3.63) is 47.7 Å². The molecule has 160 valence electrons. The smallest absolute Gasteiger partial charge is 0.416 e. The molecule has 1 N–H and O–H groups in total. The molecule has 2 aromatic rings. The van der Waals surface area contributed by atoms with E-state index >= 15 is 0 Å². The van der Waals surface area contributed by atoms with Crippen molar-refractivity contribution in [2.75, 3.05) is 24.1 Å². The monoisotopic (exact) mass is 430 g/mol. The second-order valence-corrected chi connectivity index (χ2v) is 6.38. The minimum atomic E-state index is -4.86. The van der Waals surface area contributed by atoms with Crippen LogP contribution in [0, 0.1) is 11.8 Å². The van der Waals surface area contributed by atoms with Crippen LogP contribution >= 0.6 is 0 Å². The number of hydrogen-bond acceptors (Lipinski definition) is 5. The van der Waals surface area contributed by atoms with E-state index < -0.39 is 53.6 Å². The van der Waals surface area contributed by atoms with Crippen LogP contribution < -0.4 is 20.1 Å². The first-order valence-electron chi connectivity index (χ1n) is 8.46. The number of pyridine rings is 1. The zero-order valence-corrected chi connectivity index (χ0v) is 15.6. The Bertz CT molecular complexity index is 998. The predicted molar refractivity (Wildman–Crippen MR) is 94.6 cm³/mol. The fourth-order valence-electron chi connectivity index (χ4n) is 2.92. The van der Waals surface area contributed by atoms with Gasteiger partial charge in [0.15, 0.2) is 17.4 Å². The Labute approximate surface area is 167 Å². The SMILES string of the molecule is COc1ccc(N(C)C(=O)C2CC(=O)NN2c2cc(C(F)(F)F)cc(F)n2)cc1F. The molecule has 1 aromatic heterocycles. The van der Waals surface area contributed by atoms with E-state index in [0.29, 0.717) is 6.07 Å². The number of hydrazine groups is 1. The van der Waals surface area contributed by atoms with Crippen LogP contribution in [-0.4, -0.2) is 37.0 Å². The van der Waals surface area contributed by atoms with Gasteiger partial charge in [-0.3, -0.25) is 20.0 Å². The molecule has 0 radical (unpaired) electrons. The zero-order chi connectivity index (χ0) is 22.2. The highest BCUT2D eigenvalue weighted by atomic mass is 19.4. The molecule has 3 rings (SSSR count). The minimum absolute atomic E-state index is 0.0532. The maximum Gasteiger partial charge on any atom is 0.416 e. The van der Waals surface area contributed by atoms with Crippen LogP contribution in [0.3, 0.4) is 0 Å². The summed E-state index contributed by atoms with van der Waals surface area (Å²) < 4.78 is 71.4. The highest BCUT2D eigenvalue weighted by molar-refractivity contribution is 6.03. The predicted octanol–water partition coefficient (Wildman–Crippen LogP) is 2.66. The highest BCUT2D eigenvalue weighted by Gasteiger charge is 2.40. The molecule has 30 heavy (non-hydrogen) atoms. The van der Waals surface area contributed by atoms with Crippen molar-refractivity contribution < 1.29 is 36.3 Å². The van der Waals surface area contributed by atoms with Crippen molar-refractivity contribution in [1.82, 2.24) is 10.4 Å². The van der Waals surface area contributed by atoms with Gasteiger partial charge in [0.05, 0.1) is 19.1 Å². The van der Waals surface area contributed by atoms with Crippen molar-refractivity contribution in [3.8, 4) is 5.75 Å². The lowest BCUT2D eigenvalue weighted by Gasteiger charge is -2.28. The van der Waals surface area contributed by atoms with E-state index in [1.54, 1.807) is 0 Å². The highest BCUT2D eigenvalue weighted by Crippen LogP contribution is 2.33. The molecule has 1 aromatic carbocycles. The van der Waals surface area contributed by atoms with Gasteiger partial charge in [-0.15, -0.1) is 0 Å². The maximum atomic E-state index is 14.0. The Morgan fingerprint density at radius 1 is 1.27 bits per heavy atom. The van der Waals surface area contributed by atoms with E-state index in [2.05, 4.69) is 10.4 Å². The molecule has 1 atom stereocenters. The average Bonchev–Trinajstić information content (AvgIpc) is 3.07. The van der Waals surface area contributed by atoms with E-state index in [0.717, 1.165) is 16.0 Å². The first-order chi connectivity index (χ1) is 14.0. The maximum absolute atomic E-state index is 14.0. The molecule has 0 bridgehead atoms. The largest absolute Gasteiger partial charge is 0.494 e. The van der Waals surface area contributed by atoms with Gasteiger partial charge >= 0.3 is 6.18 Å². The second kappa shape index (κ2) is 7.76. The molecule has 2 heterocycles. The van der Waals surface area contributed by atoms with Gasteiger partial charge in [0.2, 0.25) is 11.9 Å². The van der Waals surface area contributed by atoms with Crippen LogP contribution in [0.25, 0.3) is 0 Å². The fourth-order valence-corrected chi connectivity index (χ4v) is 2.92. The Balaban J connectivity index is 1.93. The number of methoxy groups -OCH3 is 1. The Kier molecular flexibility index (Phi) is 5.51. The number of nitrogens with zero attached hydrogens (tertiary/aromatic N) is 3. The molecular formula is C18H15F5N4O3. The summed E-state index contributed by atoms with van der Waals surface area (Å²) in [6, 6.07) is 3.08. The number of amides is 2. The summed E-state index contributed by atoms with van der Waals surface area (Å²) >= 11 is 0. The number of benzene rings is 1. The van der Waals surface area contributed by atoms with Crippen LogP contribution in [0.4, 0.5) is 33.5 Å². The van der Waals surface area contributed by atoms with Crippen LogP contribution in [-0.2, 0) is 15.8 Å². The van der Waals surface area contributed by atoms with Gasteiger partial charge in [0.25, 0.3) is 5.91 Å². The van der Waals surface area contributed by atoms with Crippen LogP contribution in [0.2, 0.25) is 0 Å². The van der Waals surface area contributed by atoms with Gasteiger partial charge in [-0.05, 0) is 18.2 Å². The second-order valence-electron chi connectivity index (χ2n) is 6.38. The van der Waals surface area contributed by atoms with Gasteiger partial charge in [-0.1, -0.05) is 0 Å². The summed E-state index contributed by atoms with van der Waals surface area (Å²) in [5, 5.41) is 0.763. The van der Waals surface area contributed by atoms with E-state index in [-0.39, 0.29) is 17.5 Å². The number of halogens is 5. The van der Waals surface area contributed by atoms with Crippen molar-refractivity contribution in [2.24, 2.45) is 0 Å². The average molecular weight is 430 g/mol. The summed E-state index contributed by atoms with van der Waals surface area (Å²) in [7, 11) is 2.56. The molecule has 0 spiro atoms. The molecular weight excluding hydrogens is 415 g/mol. The number of hydrogen-bond donors (Lipinski definition) is 1. The van der Waals surface area contributed by atoms with Crippen molar-refractivity contribution in [3.63, 3.8) is 0 Å². The number of likely N-dealkylation sites (N-methyl/N-ethyl adjacent to an activating group) is 1. The zero-order valence-electron chi connectivity index (χ0n) is 15.6. The van der Waals surface area contributed by atoms with Gasteiger partial charge in [0, 0.05) is 24.9 Å². The van der Waals surface area contributed by atoms with E-state index in [1.807, 2.05) is 0 Å². The minimum Gasteiger partial charge on any atom is -0.494 e. The molecule has 0 saturated carbocycles. The van der Waals surface area contributed by atoms with Gasteiger partial charge in [-0.2, -0.15) is 17.6 Å². The lowest BCUT2D eigenvalue weighted by atomic mass is 10.1. The third-order valence-corrected chi connectivity index (χ3v) is 4.43. The standard InChI is InChI=1S/C18H15F5N4O3/c1-26(10-3-4-13(30-2)11(19)7-10)17(29)12-8-16(28)25-27(12)15-6-9(18(21,22)23)5-14(20)24-15/h3-7,12H,8H2,1-2H3,(H,25,28). The molecule has 0 aliphatic carbocycles. The lowest BCUT2D eigenvalue weighted by molar-refractivity contribution is -0.137. The number of nitrogens with one attached hydrogen (secondary N) is 1. The van der Waals surface area contributed by atoms with Gasteiger partial charge in [0.1, 0.15) is 6.04 Å². The van der Waals surface area contributed by atoms with E-state index in [9.17, 15) is 31.5 Å². The number of alkyl halides is 3. The molecule has 1 saturated heterocycles. The molecule has 2 amide bonds. The molecule has 12 heteroatoms. The number of anilines is 2. The molecule has 1 fully saturated rings. The number of ether oxygens (including phenoxy) is 1. The van der Waals surface area contributed by atoms with Gasteiger partial charge in [-0.25, -0.2) is 9.37 Å². The lowest BCUT2D eigenvalue weighted by Crippen LogP contribution is -2.48. The summed E-state index contributed by atoms with van der Waals surface area (Å²) in [4.78, 5) is 29.1. The molecule has 1 aliphatic heterocycles. The molecule has 1 unspecified atom stereocenters. The summed E-state index contributed by atoms with van der Waals surface area (Å²) in [5.74, 6) is -4.25. The third kappa shape index (κ3) is 4.11. The quantitative estimate of drug-likeness (QED) is 0.597. The number of carbonyl (C=O) groups excluding carboxylic acids is 2. The van der Waals surface area contributed by atoms with Crippen LogP contribution in [0.1, 0.15) is 12.0 Å².